The van der Waals surface area contributed by atoms with Gasteiger partial charge in [0.1, 0.15) is 0 Å². The average Bonchev–Trinajstić information content (AvgIpc) is 2.12. The van der Waals surface area contributed by atoms with Gasteiger partial charge in [0.25, 0.3) is 0 Å². The van der Waals surface area contributed by atoms with Gasteiger partial charge in [-0.25, -0.2) is 4.98 Å². The van der Waals surface area contributed by atoms with E-state index in [1.165, 1.54) is 10.8 Å². The molecule has 1 heterocycles. The van der Waals surface area contributed by atoms with Gasteiger partial charge in [-0.3, -0.25) is 4.57 Å². The summed E-state index contributed by atoms with van der Waals surface area (Å²) in [6.45, 7) is 2.54. The predicted octanol–water partition coefficient (Wildman–Crippen LogP) is 0.191. The molecule has 0 fully saturated rings. The number of rotatable bonds is 1. The van der Waals surface area contributed by atoms with E-state index in [2.05, 4.69) is 4.98 Å². The Morgan fingerprint density at radius 3 is 2.78 bits per heavy atom. The molecule has 0 aliphatic heterocycles. The fraction of sp³-hybridized carbons (Fsp3) is 0.400. The van der Waals surface area contributed by atoms with Crippen molar-refractivity contribution in [3.05, 3.63) is 6.20 Å². The van der Waals surface area contributed by atoms with Gasteiger partial charge in [-0.15, -0.1) is 0 Å². The van der Waals surface area contributed by atoms with Crippen molar-refractivity contribution in [3.8, 4) is 5.88 Å². The molecule has 1 rings (SSSR count). The number of imidazole rings is 1. The number of hydrogen-bond donors (Lipinski definition) is 2. The zero-order chi connectivity index (χ0) is 6.85. The monoisotopic (exact) mass is 127 g/mol. The topological polar surface area (TPSA) is 64.1 Å². The lowest BCUT2D eigenvalue weighted by Crippen LogP contribution is -1.99. The summed E-state index contributed by atoms with van der Waals surface area (Å²) < 4.78 is 1.51. The molecule has 0 amide bonds. The van der Waals surface area contributed by atoms with E-state index >= 15 is 0 Å². The molecule has 3 N–H and O–H groups in total. The molecule has 50 valence electrons. The van der Waals surface area contributed by atoms with Gasteiger partial charge in [0.2, 0.25) is 11.8 Å². The maximum Gasteiger partial charge on any atom is 0.212 e. The van der Waals surface area contributed by atoms with Gasteiger partial charge in [-0.2, -0.15) is 0 Å². The molecule has 0 aliphatic carbocycles. The number of anilines is 1. The second-order valence-electron chi connectivity index (χ2n) is 1.72. The largest absolute Gasteiger partial charge is 0.493 e. The fourth-order valence-corrected chi connectivity index (χ4v) is 0.705. The van der Waals surface area contributed by atoms with Gasteiger partial charge in [-0.1, -0.05) is 0 Å². The molecule has 1 aromatic heterocycles. The molecule has 4 heteroatoms. The highest BCUT2D eigenvalue weighted by Crippen LogP contribution is 2.11. The van der Waals surface area contributed by atoms with Crippen LogP contribution in [0.15, 0.2) is 6.20 Å². The molecular weight excluding hydrogens is 118 g/mol. The van der Waals surface area contributed by atoms with E-state index in [-0.39, 0.29) is 5.88 Å². The smallest absolute Gasteiger partial charge is 0.212 e. The molecule has 0 aromatic carbocycles. The fourth-order valence-electron chi connectivity index (χ4n) is 0.705. The van der Waals surface area contributed by atoms with E-state index in [1.807, 2.05) is 6.92 Å². The van der Waals surface area contributed by atoms with E-state index in [0.717, 1.165) is 0 Å². The number of nitrogens with two attached hydrogens (primary N) is 1. The Balaban J connectivity index is 3.07. The van der Waals surface area contributed by atoms with E-state index < -0.39 is 0 Å². The highest BCUT2D eigenvalue weighted by atomic mass is 16.3. The Morgan fingerprint density at radius 2 is 2.56 bits per heavy atom. The maximum absolute atomic E-state index is 8.95. The van der Waals surface area contributed by atoms with Crippen molar-refractivity contribution < 1.29 is 5.11 Å². The summed E-state index contributed by atoms with van der Waals surface area (Å²) in [4.78, 5) is 3.68. The Bertz CT molecular complexity index is 186. The molecule has 1 aromatic rings. The number of aromatic hydroxyl groups is 1. The standard InChI is InChI=1S/C5H9N3O/c1-2-8-4(9)3-7-5(8)6/h3,9H,2H2,1H3,(H2,6,7). The van der Waals surface area contributed by atoms with Crippen LogP contribution in [-0.2, 0) is 6.54 Å². The minimum absolute atomic E-state index is 0.120. The van der Waals surface area contributed by atoms with Crippen molar-refractivity contribution >= 4 is 5.95 Å². The summed E-state index contributed by atoms with van der Waals surface area (Å²) in [6, 6.07) is 0. The predicted molar refractivity (Wildman–Crippen MR) is 34.0 cm³/mol. The van der Waals surface area contributed by atoms with Gasteiger partial charge in [-0.05, 0) is 6.92 Å². The molecule has 0 atom stereocenters. The lowest BCUT2D eigenvalue weighted by molar-refractivity contribution is 0.423. The first-order chi connectivity index (χ1) is 4.25. The van der Waals surface area contributed by atoms with E-state index in [0.29, 0.717) is 12.5 Å². The minimum atomic E-state index is 0.120. The van der Waals surface area contributed by atoms with Crippen molar-refractivity contribution in [1.29, 1.82) is 0 Å². The van der Waals surface area contributed by atoms with Crippen molar-refractivity contribution in [1.82, 2.24) is 9.55 Å². The Morgan fingerprint density at radius 1 is 1.89 bits per heavy atom. The van der Waals surface area contributed by atoms with Crippen molar-refractivity contribution in [2.75, 3.05) is 5.73 Å². The van der Waals surface area contributed by atoms with Crippen LogP contribution in [-0.4, -0.2) is 14.7 Å². The van der Waals surface area contributed by atoms with Gasteiger partial charge in [0, 0.05) is 6.54 Å². The van der Waals surface area contributed by atoms with Crippen molar-refractivity contribution in [2.45, 2.75) is 13.5 Å². The molecular formula is C5H9N3O. The second kappa shape index (κ2) is 1.97. The number of aromatic nitrogens is 2. The summed E-state index contributed by atoms with van der Waals surface area (Å²) in [6.07, 6.45) is 1.33. The molecule has 0 saturated heterocycles. The quantitative estimate of drug-likeness (QED) is 0.566. The Kier molecular flexibility index (Phi) is 1.30. The average molecular weight is 127 g/mol. The molecule has 0 aliphatic rings. The third kappa shape index (κ3) is 0.826. The SMILES string of the molecule is CCn1c(O)cnc1N. The molecule has 9 heavy (non-hydrogen) atoms. The van der Waals surface area contributed by atoms with Gasteiger partial charge in [0.05, 0.1) is 6.20 Å². The van der Waals surface area contributed by atoms with Crippen LogP contribution in [0.25, 0.3) is 0 Å². The normalized spacial score (nSPS) is 9.89. The summed E-state index contributed by atoms with van der Waals surface area (Å²) >= 11 is 0. The zero-order valence-electron chi connectivity index (χ0n) is 5.20. The highest BCUT2D eigenvalue weighted by Gasteiger charge is 2.00. The zero-order valence-corrected chi connectivity index (χ0v) is 5.20. The number of nitrogen functional groups attached to an aromatic ring is 1. The van der Waals surface area contributed by atoms with Crippen LogP contribution in [0, 0.1) is 0 Å². The highest BCUT2D eigenvalue weighted by molar-refractivity contribution is 5.24. The van der Waals surface area contributed by atoms with E-state index in [1.54, 1.807) is 0 Å². The summed E-state index contributed by atoms with van der Waals surface area (Å²) in [5, 5.41) is 8.95. The van der Waals surface area contributed by atoms with Crippen LogP contribution < -0.4 is 5.73 Å². The van der Waals surface area contributed by atoms with Crippen LogP contribution in [0.5, 0.6) is 5.88 Å². The van der Waals surface area contributed by atoms with Crippen molar-refractivity contribution in [3.63, 3.8) is 0 Å². The van der Waals surface area contributed by atoms with Gasteiger partial charge < -0.3 is 10.8 Å². The first-order valence-corrected chi connectivity index (χ1v) is 2.75. The molecule has 0 radical (unpaired) electrons. The Labute approximate surface area is 52.9 Å². The first-order valence-electron chi connectivity index (χ1n) is 2.75. The number of hydrogen-bond acceptors (Lipinski definition) is 3. The molecule has 0 spiro atoms. The van der Waals surface area contributed by atoms with Crippen LogP contribution in [0.1, 0.15) is 6.92 Å². The summed E-state index contributed by atoms with van der Waals surface area (Å²) in [5.41, 5.74) is 5.34. The third-order valence-corrected chi connectivity index (χ3v) is 1.18. The Hall–Kier alpha value is -1.19. The molecule has 0 bridgehead atoms. The lowest BCUT2D eigenvalue weighted by atomic mass is 10.7. The summed E-state index contributed by atoms with van der Waals surface area (Å²) in [7, 11) is 0. The number of nitrogens with zero attached hydrogens (tertiary/aromatic N) is 2. The lowest BCUT2D eigenvalue weighted by Gasteiger charge is -1.98. The van der Waals surface area contributed by atoms with Crippen LogP contribution in [0.4, 0.5) is 5.95 Å². The van der Waals surface area contributed by atoms with Gasteiger partial charge in [0.15, 0.2) is 0 Å². The minimum Gasteiger partial charge on any atom is -0.493 e. The van der Waals surface area contributed by atoms with E-state index in [4.69, 9.17) is 10.8 Å². The van der Waals surface area contributed by atoms with Crippen LogP contribution in [0.2, 0.25) is 0 Å². The first kappa shape index (κ1) is 5.94. The van der Waals surface area contributed by atoms with E-state index in [9.17, 15) is 0 Å². The van der Waals surface area contributed by atoms with Crippen LogP contribution >= 0.6 is 0 Å². The van der Waals surface area contributed by atoms with Gasteiger partial charge >= 0.3 is 0 Å². The second-order valence-corrected chi connectivity index (χ2v) is 1.72. The van der Waals surface area contributed by atoms with Crippen molar-refractivity contribution in [2.24, 2.45) is 0 Å². The molecule has 0 unspecified atom stereocenters. The third-order valence-electron chi connectivity index (χ3n) is 1.18. The van der Waals surface area contributed by atoms with Crippen LogP contribution in [0.3, 0.4) is 0 Å². The summed E-state index contributed by atoms with van der Waals surface area (Å²) in [5.74, 6) is 0.477. The molecule has 0 saturated carbocycles. The maximum atomic E-state index is 8.95. The molecule has 4 nitrogen and oxygen atoms in total.